The van der Waals surface area contributed by atoms with Crippen molar-refractivity contribution in [3.05, 3.63) is 6.42 Å². The van der Waals surface area contributed by atoms with Gasteiger partial charge in [-0.1, -0.05) is 42.6 Å². The lowest BCUT2D eigenvalue weighted by Gasteiger charge is -2.04. The highest BCUT2D eigenvalue weighted by Crippen LogP contribution is 2.13. The molecule has 0 spiro atoms. The first-order valence-electron chi connectivity index (χ1n) is 3.77. The van der Waals surface area contributed by atoms with Crippen LogP contribution in [0.25, 0.3) is 0 Å². The molecule has 0 aromatic carbocycles. The van der Waals surface area contributed by atoms with Gasteiger partial charge in [0.15, 0.2) is 0 Å². The van der Waals surface area contributed by atoms with Gasteiger partial charge in [0.25, 0.3) is 0 Å². The van der Waals surface area contributed by atoms with Crippen molar-refractivity contribution < 1.29 is 0 Å². The monoisotopic (exact) mass is 191 g/mol. The summed E-state index contributed by atoms with van der Waals surface area (Å²) < 4.78 is 0. The van der Waals surface area contributed by atoms with Crippen molar-refractivity contribution in [2.24, 2.45) is 0 Å². The van der Waals surface area contributed by atoms with Gasteiger partial charge in [-0.3, -0.25) is 0 Å². The molecule has 0 amide bonds. The molecule has 0 aliphatic rings. The third-order valence-electron chi connectivity index (χ3n) is 1.31. The zero-order valence-electron chi connectivity index (χ0n) is 6.36. The zero-order valence-corrected chi connectivity index (χ0v) is 7.95. The summed E-state index contributed by atoms with van der Waals surface area (Å²) in [6, 6.07) is 0. The Balaban J connectivity index is 2.95. The van der Waals surface area contributed by atoms with Gasteiger partial charge >= 0.3 is 0 Å². The molecule has 0 saturated heterocycles. The first-order valence-corrected chi connectivity index (χ1v) is 4.68. The second-order valence-corrected chi connectivity index (χ2v) is 3.61. The number of hydrogen-bond acceptors (Lipinski definition) is 0. The molecule has 0 aromatic rings. The fourth-order valence-electron chi connectivity index (χ4n) is 0.779. The predicted molar refractivity (Wildman–Crippen MR) is 46.8 cm³/mol. The van der Waals surface area contributed by atoms with E-state index in [-0.39, 0.29) is 0 Å². The van der Waals surface area contributed by atoms with Crippen LogP contribution in [0.1, 0.15) is 39.5 Å². The van der Waals surface area contributed by atoms with E-state index in [0.717, 1.165) is 4.83 Å². The molecule has 55 valence electrons. The second kappa shape index (κ2) is 6.60. The predicted octanol–water partition coefficient (Wildman–Crippen LogP) is 3.55. The van der Waals surface area contributed by atoms with Gasteiger partial charge in [0.05, 0.1) is 0 Å². The van der Waals surface area contributed by atoms with Crippen LogP contribution < -0.4 is 0 Å². The van der Waals surface area contributed by atoms with Crippen LogP contribution in [0.4, 0.5) is 0 Å². The minimum atomic E-state index is 0.724. The Morgan fingerprint density at radius 1 is 1.44 bits per heavy atom. The molecule has 0 aliphatic carbocycles. The van der Waals surface area contributed by atoms with E-state index in [1.165, 1.54) is 25.7 Å². The van der Waals surface area contributed by atoms with Gasteiger partial charge in [-0.15, -0.1) is 0 Å². The molecule has 0 aromatic heterocycles. The molecule has 1 unspecified atom stereocenters. The average molecular weight is 192 g/mol. The van der Waals surface area contributed by atoms with Gasteiger partial charge in [0, 0.05) is 4.83 Å². The molecular weight excluding hydrogens is 176 g/mol. The van der Waals surface area contributed by atoms with E-state index in [4.69, 9.17) is 0 Å². The molecule has 0 aliphatic heterocycles. The largest absolute Gasteiger partial charge is 0.0891 e. The van der Waals surface area contributed by atoms with Crippen LogP contribution in [-0.4, -0.2) is 4.83 Å². The Kier molecular flexibility index (Phi) is 6.95. The summed E-state index contributed by atoms with van der Waals surface area (Å²) in [5.41, 5.74) is 0. The van der Waals surface area contributed by atoms with Crippen LogP contribution in [0.2, 0.25) is 0 Å². The van der Waals surface area contributed by atoms with E-state index in [2.05, 4.69) is 36.2 Å². The van der Waals surface area contributed by atoms with Gasteiger partial charge in [-0.2, -0.15) is 0 Å². The molecule has 0 N–H and O–H groups in total. The Morgan fingerprint density at radius 2 is 2.11 bits per heavy atom. The molecule has 0 saturated carbocycles. The van der Waals surface area contributed by atoms with Crippen molar-refractivity contribution in [2.75, 3.05) is 0 Å². The van der Waals surface area contributed by atoms with Crippen molar-refractivity contribution in [1.29, 1.82) is 0 Å². The number of hydrogen-bond donors (Lipinski definition) is 0. The average Bonchev–Trinajstić information content (AvgIpc) is 1.85. The third-order valence-corrected chi connectivity index (χ3v) is 2.14. The normalized spacial score (nSPS) is 13.7. The second-order valence-electron chi connectivity index (χ2n) is 2.32. The highest BCUT2D eigenvalue weighted by Gasteiger charge is 1.99. The molecular formula is C8H16Br. The number of unbranched alkanes of at least 4 members (excludes halogenated alkanes) is 1. The molecule has 1 atom stereocenters. The molecule has 0 bridgehead atoms. The molecule has 0 fully saturated rings. The summed E-state index contributed by atoms with van der Waals surface area (Å²) in [6.45, 7) is 4.41. The Hall–Kier alpha value is 0.480. The molecule has 0 heterocycles. The molecule has 1 heteroatoms. The van der Waals surface area contributed by atoms with Crippen molar-refractivity contribution in [2.45, 2.75) is 44.4 Å². The lowest BCUT2D eigenvalue weighted by molar-refractivity contribution is 0.725. The van der Waals surface area contributed by atoms with Gasteiger partial charge in [-0.25, -0.2) is 0 Å². The smallest absolute Gasteiger partial charge is 0.0148 e. The summed E-state index contributed by atoms with van der Waals surface area (Å²) >= 11 is 3.61. The molecule has 0 rings (SSSR count). The van der Waals surface area contributed by atoms with Crippen molar-refractivity contribution in [3.63, 3.8) is 0 Å². The third kappa shape index (κ3) is 6.36. The van der Waals surface area contributed by atoms with Crippen LogP contribution in [0, 0.1) is 6.42 Å². The number of halogens is 1. The van der Waals surface area contributed by atoms with Crippen LogP contribution in [0.5, 0.6) is 0 Å². The highest BCUT2D eigenvalue weighted by atomic mass is 79.9. The van der Waals surface area contributed by atoms with E-state index < -0.39 is 0 Å². The lowest BCUT2D eigenvalue weighted by atomic mass is 10.1. The minimum absolute atomic E-state index is 0.724. The van der Waals surface area contributed by atoms with Crippen molar-refractivity contribution in [1.82, 2.24) is 0 Å². The standard InChI is InChI=1S/C8H16Br/c1-3-5-7-8(9)6-4-2/h5,8H,3-4,6-7H2,1-2H3. The van der Waals surface area contributed by atoms with Crippen LogP contribution in [-0.2, 0) is 0 Å². The molecule has 9 heavy (non-hydrogen) atoms. The number of rotatable bonds is 5. The number of alkyl halides is 1. The van der Waals surface area contributed by atoms with E-state index in [1.54, 1.807) is 0 Å². The van der Waals surface area contributed by atoms with E-state index >= 15 is 0 Å². The Labute approximate surface area is 67.2 Å². The summed E-state index contributed by atoms with van der Waals surface area (Å²) in [4.78, 5) is 0.724. The zero-order chi connectivity index (χ0) is 7.11. The quantitative estimate of drug-likeness (QED) is 0.584. The fourth-order valence-corrected chi connectivity index (χ4v) is 1.50. The van der Waals surface area contributed by atoms with E-state index in [9.17, 15) is 0 Å². The van der Waals surface area contributed by atoms with Crippen LogP contribution in [0.3, 0.4) is 0 Å². The summed E-state index contributed by atoms with van der Waals surface area (Å²) in [5.74, 6) is 0. The first-order chi connectivity index (χ1) is 4.31. The van der Waals surface area contributed by atoms with Crippen LogP contribution >= 0.6 is 15.9 Å². The molecule has 1 radical (unpaired) electrons. The van der Waals surface area contributed by atoms with Gasteiger partial charge in [0.1, 0.15) is 0 Å². The summed E-state index contributed by atoms with van der Waals surface area (Å²) in [6.07, 6.45) is 7.34. The topological polar surface area (TPSA) is 0 Å². The summed E-state index contributed by atoms with van der Waals surface area (Å²) in [5, 5.41) is 0. The highest BCUT2D eigenvalue weighted by molar-refractivity contribution is 9.09. The lowest BCUT2D eigenvalue weighted by Crippen LogP contribution is -1.95. The van der Waals surface area contributed by atoms with E-state index in [0.29, 0.717) is 0 Å². The van der Waals surface area contributed by atoms with Crippen molar-refractivity contribution >= 4 is 15.9 Å². The maximum atomic E-state index is 3.61. The van der Waals surface area contributed by atoms with Gasteiger partial charge < -0.3 is 0 Å². The van der Waals surface area contributed by atoms with Gasteiger partial charge in [0.2, 0.25) is 0 Å². The van der Waals surface area contributed by atoms with E-state index in [1.807, 2.05) is 0 Å². The maximum absolute atomic E-state index is 3.61. The maximum Gasteiger partial charge on any atom is 0.0148 e. The van der Waals surface area contributed by atoms with Crippen LogP contribution in [0.15, 0.2) is 0 Å². The molecule has 0 nitrogen and oxygen atoms in total. The Morgan fingerprint density at radius 3 is 2.56 bits per heavy atom. The first kappa shape index (κ1) is 9.48. The van der Waals surface area contributed by atoms with Crippen molar-refractivity contribution in [3.8, 4) is 0 Å². The summed E-state index contributed by atoms with van der Waals surface area (Å²) in [7, 11) is 0. The fraction of sp³-hybridized carbons (Fsp3) is 0.875. The van der Waals surface area contributed by atoms with Gasteiger partial charge in [-0.05, 0) is 19.3 Å². The Bertz CT molecular complexity index is 52.5. The minimum Gasteiger partial charge on any atom is -0.0891 e. The SMILES string of the molecule is CC[CH]CC(Br)CCC.